The molecular weight excluding hydrogens is 246 g/mol. The second-order valence-corrected chi connectivity index (χ2v) is 5.21. The van der Waals surface area contributed by atoms with Crippen LogP contribution in [0.5, 0.6) is 0 Å². The van der Waals surface area contributed by atoms with Gasteiger partial charge in [-0.15, -0.1) is 0 Å². The predicted octanol–water partition coefficient (Wildman–Crippen LogP) is 3.49. The van der Waals surface area contributed by atoms with E-state index < -0.39 is 0 Å². The zero-order chi connectivity index (χ0) is 13.9. The number of pyridine rings is 1. The third-order valence-corrected chi connectivity index (χ3v) is 3.58. The Kier molecular flexibility index (Phi) is 3.52. The van der Waals surface area contributed by atoms with E-state index in [9.17, 15) is 0 Å². The number of rotatable bonds is 4. The highest BCUT2D eigenvalue weighted by atomic mass is 15.0. The van der Waals surface area contributed by atoms with E-state index in [1.807, 2.05) is 28.8 Å². The molecule has 0 spiro atoms. The van der Waals surface area contributed by atoms with E-state index in [1.54, 1.807) is 0 Å². The van der Waals surface area contributed by atoms with Gasteiger partial charge < -0.3 is 9.72 Å². The minimum Gasteiger partial charge on any atom is -0.307 e. The second kappa shape index (κ2) is 5.47. The van der Waals surface area contributed by atoms with Crippen molar-refractivity contribution < 1.29 is 0 Å². The highest BCUT2D eigenvalue weighted by Crippen LogP contribution is 2.14. The van der Waals surface area contributed by atoms with Gasteiger partial charge in [0.15, 0.2) is 0 Å². The summed E-state index contributed by atoms with van der Waals surface area (Å²) in [6.07, 6.45) is 4.10. The minimum atomic E-state index is 0.320. The van der Waals surface area contributed by atoms with Crippen molar-refractivity contribution in [2.24, 2.45) is 0 Å². The van der Waals surface area contributed by atoms with Crippen LogP contribution in [0, 0.1) is 6.92 Å². The highest BCUT2D eigenvalue weighted by Gasteiger charge is 2.06. The number of nitrogens with zero attached hydrogens (tertiary/aromatic N) is 2. The van der Waals surface area contributed by atoms with Crippen molar-refractivity contribution in [1.82, 2.24) is 14.7 Å². The lowest BCUT2D eigenvalue weighted by Gasteiger charge is -2.13. The van der Waals surface area contributed by atoms with E-state index in [4.69, 9.17) is 0 Å². The second-order valence-electron chi connectivity index (χ2n) is 5.21. The third-order valence-electron chi connectivity index (χ3n) is 3.58. The largest absolute Gasteiger partial charge is 0.307 e. The van der Waals surface area contributed by atoms with Crippen LogP contribution in [0.15, 0.2) is 54.9 Å². The van der Waals surface area contributed by atoms with Crippen LogP contribution in [0.1, 0.15) is 29.8 Å². The molecule has 20 heavy (non-hydrogen) atoms. The Hall–Kier alpha value is -2.13. The molecule has 2 heterocycles. The molecule has 0 fully saturated rings. The molecule has 3 nitrogen and oxygen atoms in total. The Morgan fingerprint density at radius 2 is 1.95 bits per heavy atom. The van der Waals surface area contributed by atoms with Gasteiger partial charge in [-0.2, -0.15) is 0 Å². The Labute approximate surface area is 119 Å². The van der Waals surface area contributed by atoms with Crippen molar-refractivity contribution in [1.29, 1.82) is 0 Å². The lowest BCUT2D eigenvalue weighted by atomic mass is 10.1. The van der Waals surface area contributed by atoms with Gasteiger partial charge in [0.1, 0.15) is 5.65 Å². The molecule has 0 amide bonds. The fourth-order valence-electron chi connectivity index (χ4n) is 2.30. The van der Waals surface area contributed by atoms with Gasteiger partial charge in [-0.05, 0) is 31.5 Å². The summed E-state index contributed by atoms with van der Waals surface area (Å²) in [4.78, 5) is 4.59. The van der Waals surface area contributed by atoms with Crippen LogP contribution in [-0.4, -0.2) is 9.38 Å². The molecule has 0 radical (unpaired) electrons. The number of aromatic nitrogens is 2. The molecular formula is C17H19N3. The van der Waals surface area contributed by atoms with Crippen molar-refractivity contribution in [3.05, 3.63) is 71.7 Å². The molecule has 0 aliphatic rings. The van der Waals surface area contributed by atoms with Crippen LogP contribution in [0.25, 0.3) is 5.65 Å². The van der Waals surface area contributed by atoms with Crippen molar-refractivity contribution in [3.63, 3.8) is 0 Å². The van der Waals surface area contributed by atoms with Gasteiger partial charge >= 0.3 is 0 Å². The Morgan fingerprint density at radius 3 is 2.70 bits per heavy atom. The number of nitrogens with one attached hydrogen (secondary N) is 1. The molecule has 1 N–H and O–H groups in total. The Balaban J connectivity index is 1.68. The molecule has 0 aliphatic heterocycles. The Morgan fingerprint density at radius 1 is 1.15 bits per heavy atom. The van der Waals surface area contributed by atoms with Gasteiger partial charge in [0, 0.05) is 25.0 Å². The molecule has 0 saturated carbocycles. The van der Waals surface area contributed by atoms with Gasteiger partial charge in [0.2, 0.25) is 0 Å². The van der Waals surface area contributed by atoms with Gasteiger partial charge in [0.05, 0.1) is 5.69 Å². The summed E-state index contributed by atoms with van der Waals surface area (Å²) in [5.41, 5.74) is 4.66. The van der Waals surface area contributed by atoms with Gasteiger partial charge in [-0.1, -0.05) is 35.9 Å². The number of aryl methyl sites for hydroxylation is 1. The van der Waals surface area contributed by atoms with E-state index in [0.717, 1.165) is 17.9 Å². The van der Waals surface area contributed by atoms with Gasteiger partial charge in [-0.25, -0.2) is 4.98 Å². The average Bonchev–Trinajstić information content (AvgIpc) is 2.88. The molecule has 0 aliphatic carbocycles. The summed E-state index contributed by atoms with van der Waals surface area (Å²) in [6.45, 7) is 5.07. The summed E-state index contributed by atoms with van der Waals surface area (Å²) in [5.74, 6) is 0. The quantitative estimate of drug-likeness (QED) is 0.782. The zero-order valence-corrected chi connectivity index (χ0v) is 11.9. The lowest BCUT2D eigenvalue weighted by Crippen LogP contribution is -2.18. The number of hydrogen-bond acceptors (Lipinski definition) is 2. The molecule has 2 aromatic heterocycles. The summed E-state index contributed by atoms with van der Waals surface area (Å²) in [7, 11) is 0. The standard InChI is InChI=1S/C17H19N3/c1-13-6-8-15(9-7-13)14(2)18-11-16-12-20-10-4-3-5-17(20)19-16/h3-10,12,14,18H,11H2,1-2H3/t14-/m1/s1. The number of hydrogen-bond donors (Lipinski definition) is 1. The first-order valence-corrected chi connectivity index (χ1v) is 6.95. The SMILES string of the molecule is Cc1ccc([C@@H](C)NCc2cn3ccccc3n2)cc1. The fraction of sp³-hybridized carbons (Fsp3) is 0.235. The van der Waals surface area contributed by atoms with Crippen molar-refractivity contribution in [3.8, 4) is 0 Å². The molecule has 1 aromatic carbocycles. The van der Waals surface area contributed by atoms with E-state index >= 15 is 0 Å². The maximum atomic E-state index is 4.59. The summed E-state index contributed by atoms with van der Waals surface area (Å²) >= 11 is 0. The summed E-state index contributed by atoms with van der Waals surface area (Å²) in [5, 5.41) is 3.52. The molecule has 0 saturated heterocycles. The molecule has 1 atom stereocenters. The monoisotopic (exact) mass is 265 g/mol. The van der Waals surface area contributed by atoms with Crippen LogP contribution >= 0.6 is 0 Å². The van der Waals surface area contributed by atoms with Gasteiger partial charge in [-0.3, -0.25) is 0 Å². The maximum Gasteiger partial charge on any atom is 0.137 e. The normalized spacial score (nSPS) is 12.7. The molecule has 0 unspecified atom stereocenters. The van der Waals surface area contributed by atoms with Crippen molar-refractivity contribution in [2.75, 3.05) is 0 Å². The van der Waals surface area contributed by atoms with Crippen LogP contribution in [0.2, 0.25) is 0 Å². The van der Waals surface area contributed by atoms with Crippen LogP contribution in [0.3, 0.4) is 0 Å². The van der Waals surface area contributed by atoms with Crippen LogP contribution < -0.4 is 5.32 Å². The number of benzene rings is 1. The van der Waals surface area contributed by atoms with Crippen molar-refractivity contribution >= 4 is 5.65 Å². The molecule has 3 rings (SSSR count). The first-order chi connectivity index (χ1) is 9.72. The third kappa shape index (κ3) is 2.73. The highest BCUT2D eigenvalue weighted by molar-refractivity contribution is 5.39. The number of imidazole rings is 1. The first kappa shape index (κ1) is 12.9. The predicted molar refractivity (Wildman–Crippen MR) is 81.6 cm³/mol. The Bertz CT molecular complexity index is 665. The van der Waals surface area contributed by atoms with Gasteiger partial charge in [0.25, 0.3) is 0 Å². The zero-order valence-electron chi connectivity index (χ0n) is 11.9. The van der Waals surface area contributed by atoms with E-state index in [-0.39, 0.29) is 0 Å². The summed E-state index contributed by atoms with van der Waals surface area (Å²) in [6, 6.07) is 15.0. The number of fused-ring (bicyclic) bond motifs is 1. The molecule has 3 heteroatoms. The van der Waals surface area contributed by atoms with Crippen LogP contribution in [0.4, 0.5) is 0 Å². The molecule has 0 bridgehead atoms. The topological polar surface area (TPSA) is 29.3 Å². The average molecular weight is 265 g/mol. The van der Waals surface area contributed by atoms with E-state index in [1.165, 1.54) is 11.1 Å². The first-order valence-electron chi connectivity index (χ1n) is 6.95. The lowest BCUT2D eigenvalue weighted by molar-refractivity contribution is 0.569. The van der Waals surface area contributed by atoms with Crippen molar-refractivity contribution in [2.45, 2.75) is 26.4 Å². The van der Waals surface area contributed by atoms with Crippen LogP contribution in [-0.2, 0) is 6.54 Å². The molecule has 3 aromatic rings. The van der Waals surface area contributed by atoms with E-state index in [2.05, 4.69) is 54.6 Å². The molecule has 102 valence electrons. The maximum absolute atomic E-state index is 4.59. The fourth-order valence-corrected chi connectivity index (χ4v) is 2.30. The summed E-state index contributed by atoms with van der Waals surface area (Å²) < 4.78 is 2.05. The van der Waals surface area contributed by atoms with E-state index in [0.29, 0.717) is 6.04 Å². The minimum absolute atomic E-state index is 0.320. The smallest absolute Gasteiger partial charge is 0.137 e.